The Kier molecular flexibility index (Phi) is 4.33. The molecule has 2 N–H and O–H groups in total. The summed E-state index contributed by atoms with van der Waals surface area (Å²) in [6, 6.07) is 13.8. The number of aromatic hydroxyl groups is 2. The Morgan fingerprint density at radius 3 is 1.95 bits per heavy atom. The van der Waals surface area contributed by atoms with Gasteiger partial charge in [-0.25, -0.2) is 0 Å². The van der Waals surface area contributed by atoms with Crippen LogP contribution in [0.15, 0.2) is 42.5 Å². The summed E-state index contributed by atoms with van der Waals surface area (Å²) in [4.78, 5) is 0. The first kappa shape index (κ1) is 14.4. The van der Waals surface area contributed by atoms with Gasteiger partial charge in [-0.3, -0.25) is 0 Å². The summed E-state index contributed by atoms with van der Waals surface area (Å²) in [6.07, 6.45) is 0.890. The van der Waals surface area contributed by atoms with Crippen LogP contribution in [0.25, 0.3) is 0 Å². The molecule has 1 unspecified atom stereocenters. The summed E-state index contributed by atoms with van der Waals surface area (Å²) in [6.45, 7) is 6.03. The van der Waals surface area contributed by atoms with Gasteiger partial charge in [0.1, 0.15) is 11.5 Å². The van der Waals surface area contributed by atoms with Gasteiger partial charge in [0.15, 0.2) is 0 Å². The average molecular weight is 270 g/mol. The summed E-state index contributed by atoms with van der Waals surface area (Å²) in [7, 11) is 0. The van der Waals surface area contributed by atoms with E-state index in [9.17, 15) is 10.2 Å². The third-order valence-corrected chi connectivity index (χ3v) is 3.69. The molecule has 0 aliphatic heterocycles. The number of phenolic OH excluding ortho intramolecular Hbond substituents is 2. The summed E-state index contributed by atoms with van der Waals surface area (Å²) < 4.78 is 0. The van der Waals surface area contributed by atoms with Crippen molar-refractivity contribution >= 4 is 0 Å². The Balaban J connectivity index is 2.25. The number of hydrogen-bond donors (Lipinski definition) is 2. The molecule has 0 aromatic heterocycles. The second-order valence-corrected chi connectivity index (χ2v) is 5.72. The van der Waals surface area contributed by atoms with Crippen LogP contribution < -0.4 is 0 Å². The predicted octanol–water partition coefficient (Wildman–Crippen LogP) is 4.57. The van der Waals surface area contributed by atoms with E-state index in [0.717, 1.165) is 12.0 Å². The minimum atomic E-state index is 0.105. The van der Waals surface area contributed by atoms with Crippen molar-refractivity contribution in [2.24, 2.45) is 0 Å². The van der Waals surface area contributed by atoms with Gasteiger partial charge in [-0.1, -0.05) is 51.1 Å². The van der Waals surface area contributed by atoms with Gasteiger partial charge in [-0.05, 0) is 41.5 Å². The Bertz CT molecular complexity index is 550. The average Bonchev–Trinajstić information content (AvgIpc) is 2.38. The molecule has 0 fully saturated rings. The molecule has 0 heterocycles. The Hall–Kier alpha value is -1.96. The van der Waals surface area contributed by atoms with E-state index in [1.807, 2.05) is 32.0 Å². The van der Waals surface area contributed by atoms with Gasteiger partial charge in [0.25, 0.3) is 0 Å². The lowest BCUT2D eigenvalue weighted by molar-refractivity contribution is 0.431. The number of hydrogen-bond acceptors (Lipinski definition) is 2. The summed E-state index contributed by atoms with van der Waals surface area (Å²) >= 11 is 0. The third kappa shape index (κ3) is 3.13. The van der Waals surface area contributed by atoms with Crippen molar-refractivity contribution in [1.82, 2.24) is 0 Å². The fourth-order valence-corrected chi connectivity index (χ4v) is 2.61. The van der Waals surface area contributed by atoms with E-state index in [0.29, 0.717) is 5.56 Å². The summed E-state index contributed by atoms with van der Waals surface area (Å²) in [5, 5.41) is 20.2. The Labute approximate surface area is 120 Å². The van der Waals surface area contributed by atoms with Crippen LogP contribution in [0.5, 0.6) is 11.5 Å². The molecule has 0 bridgehead atoms. The third-order valence-electron chi connectivity index (χ3n) is 3.69. The lowest BCUT2D eigenvalue weighted by Crippen LogP contribution is -2.00. The molecule has 0 saturated heterocycles. The molecular formula is C18H22O2. The highest BCUT2D eigenvalue weighted by Crippen LogP contribution is 2.37. The van der Waals surface area contributed by atoms with Gasteiger partial charge in [-0.2, -0.15) is 0 Å². The summed E-state index contributed by atoms with van der Waals surface area (Å²) in [5.41, 5.74) is 2.85. The molecule has 0 aliphatic carbocycles. The van der Waals surface area contributed by atoms with Crippen molar-refractivity contribution < 1.29 is 10.2 Å². The van der Waals surface area contributed by atoms with Crippen LogP contribution in [-0.2, 0) is 6.42 Å². The van der Waals surface area contributed by atoms with E-state index in [2.05, 4.69) is 19.1 Å². The van der Waals surface area contributed by atoms with Gasteiger partial charge < -0.3 is 10.2 Å². The van der Waals surface area contributed by atoms with Crippen molar-refractivity contribution in [3.63, 3.8) is 0 Å². The fourth-order valence-electron chi connectivity index (χ4n) is 2.61. The van der Waals surface area contributed by atoms with Gasteiger partial charge >= 0.3 is 0 Å². The topological polar surface area (TPSA) is 40.5 Å². The van der Waals surface area contributed by atoms with Crippen LogP contribution in [0.1, 0.15) is 49.3 Å². The first-order valence-electron chi connectivity index (χ1n) is 7.08. The molecule has 1 atom stereocenters. The Morgan fingerprint density at radius 2 is 1.45 bits per heavy atom. The number of benzene rings is 2. The molecule has 20 heavy (non-hydrogen) atoms. The van der Waals surface area contributed by atoms with E-state index in [1.54, 1.807) is 12.1 Å². The van der Waals surface area contributed by atoms with E-state index in [-0.39, 0.29) is 23.3 Å². The van der Waals surface area contributed by atoms with Crippen molar-refractivity contribution in [1.29, 1.82) is 0 Å². The highest BCUT2D eigenvalue weighted by Gasteiger charge is 2.16. The van der Waals surface area contributed by atoms with E-state index < -0.39 is 0 Å². The van der Waals surface area contributed by atoms with Gasteiger partial charge in [0.2, 0.25) is 0 Å². The lowest BCUT2D eigenvalue weighted by atomic mass is 9.90. The van der Waals surface area contributed by atoms with Crippen LogP contribution in [0.4, 0.5) is 0 Å². The molecule has 0 amide bonds. The zero-order chi connectivity index (χ0) is 14.7. The van der Waals surface area contributed by atoms with Crippen molar-refractivity contribution in [3.05, 3.63) is 59.2 Å². The number of phenols is 2. The smallest absolute Gasteiger partial charge is 0.123 e. The zero-order valence-corrected chi connectivity index (χ0v) is 12.3. The van der Waals surface area contributed by atoms with E-state index in [1.165, 1.54) is 5.56 Å². The molecule has 2 aromatic rings. The van der Waals surface area contributed by atoms with Crippen LogP contribution in [0, 0.1) is 0 Å². The van der Waals surface area contributed by atoms with Gasteiger partial charge in [0, 0.05) is 5.56 Å². The standard InChI is InChI=1S/C18H22O2/c1-12(2)18-16(19)10-15(11-17(18)20)13(3)9-14-7-5-4-6-8-14/h4-8,10-13,19-20H,9H2,1-3H3. The normalized spacial score (nSPS) is 12.6. The molecule has 2 rings (SSSR count). The molecule has 106 valence electrons. The molecule has 2 aromatic carbocycles. The molecule has 0 spiro atoms. The summed E-state index contributed by atoms with van der Waals surface area (Å²) in [5.74, 6) is 0.730. The lowest BCUT2D eigenvalue weighted by Gasteiger charge is -2.17. The van der Waals surface area contributed by atoms with E-state index in [4.69, 9.17) is 0 Å². The maximum absolute atomic E-state index is 10.1. The van der Waals surface area contributed by atoms with Crippen molar-refractivity contribution in [2.45, 2.75) is 39.0 Å². The first-order valence-corrected chi connectivity index (χ1v) is 7.08. The van der Waals surface area contributed by atoms with Crippen molar-refractivity contribution in [3.8, 4) is 11.5 Å². The largest absolute Gasteiger partial charge is 0.508 e. The molecule has 0 aliphatic rings. The second kappa shape index (κ2) is 6.00. The number of rotatable bonds is 4. The van der Waals surface area contributed by atoms with Crippen LogP contribution in [0.3, 0.4) is 0 Å². The molecule has 2 heteroatoms. The Morgan fingerprint density at radius 1 is 0.900 bits per heavy atom. The molecular weight excluding hydrogens is 248 g/mol. The maximum Gasteiger partial charge on any atom is 0.123 e. The highest BCUT2D eigenvalue weighted by molar-refractivity contribution is 5.49. The maximum atomic E-state index is 10.1. The van der Waals surface area contributed by atoms with Crippen molar-refractivity contribution in [2.75, 3.05) is 0 Å². The molecule has 0 saturated carbocycles. The zero-order valence-electron chi connectivity index (χ0n) is 12.3. The molecule has 0 radical (unpaired) electrons. The SMILES string of the molecule is CC(C)c1c(O)cc(C(C)Cc2ccccc2)cc1O. The minimum absolute atomic E-state index is 0.105. The minimum Gasteiger partial charge on any atom is -0.508 e. The van der Waals surface area contributed by atoms with Crippen LogP contribution in [0.2, 0.25) is 0 Å². The van der Waals surface area contributed by atoms with Gasteiger partial charge in [-0.15, -0.1) is 0 Å². The fraction of sp³-hybridized carbons (Fsp3) is 0.333. The van der Waals surface area contributed by atoms with E-state index >= 15 is 0 Å². The van der Waals surface area contributed by atoms with Crippen LogP contribution in [-0.4, -0.2) is 10.2 Å². The monoisotopic (exact) mass is 270 g/mol. The highest BCUT2D eigenvalue weighted by atomic mass is 16.3. The molecule has 2 nitrogen and oxygen atoms in total. The van der Waals surface area contributed by atoms with Crippen LogP contribution >= 0.6 is 0 Å². The quantitative estimate of drug-likeness (QED) is 0.854. The second-order valence-electron chi connectivity index (χ2n) is 5.72. The first-order chi connectivity index (χ1) is 9.49. The predicted molar refractivity (Wildman–Crippen MR) is 82.4 cm³/mol. The van der Waals surface area contributed by atoms with Gasteiger partial charge in [0.05, 0.1) is 0 Å².